The number of hydrogen-bond acceptors (Lipinski definition) is 7. The summed E-state index contributed by atoms with van der Waals surface area (Å²) < 4.78 is 6.74. The predicted octanol–water partition coefficient (Wildman–Crippen LogP) is 2.43. The van der Waals surface area contributed by atoms with Crippen molar-refractivity contribution in [2.24, 2.45) is 0 Å². The molecule has 0 aliphatic carbocycles. The summed E-state index contributed by atoms with van der Waals surface area (Å²) in [5.74, 6) is -0.308. The maximum Gasteiger partial charge on any atom is 0.330 e. The van der Waals surface area contributed by atoms with Crippen molar-refractivity contribution < 1.29 is 14.5 Å². The highest BCUT2D eigenvalue weighted by atomic mass is 16.6. The first kappa shape index (κ1) is 24.6. The Labute approximate surface area is 185 Å². The highest BCUT2D eigenvalue weighted by molar-refractivity contribution is 5.96. The average Bonchev–Trinajstić information content (AvgIpc) is 2.76. The summed E-state index contributed by atoms with van der Waals surface area (Å²) in [5.41, 5.74) is 4.64. The summed E-state index contributed by atoms with van der Waals surface area (Å²) in [6.07, 6.45) is 3.88. The van der Waals surface area contributed by atoms with Crippen molar-refractivity contribution in [3.8, 4) is 5.75 Å². The lowest BCUT2D eigenvalue weighted by molar-refractivity contribution is -0.384. The fourth-order valence-electron chi connectivity index (χ4n) is 3.14. The number of unbranched alkanes of at least 4 members (excludes halogenated alkanes) is 3. The number of hydrogen-bond donors (Lipinski definition) is 2. The number of aromatic nitrogens is 2. The van der Waals surface area contributed by atoms with E-state index >= 15 is 0 Å². The van der Waals surface area contributed by atoms with E-state index in [1.165, 1.54) is 33.7 Å². The smallest absolute Gasteiger partial charge is 0.330 e. The number of nitrogen functional groups attached to an aromatic ring is 1. The van der Waals surface area contributed by atoms with Crippen molar-refractivity contribution in [2.45, 2.75) is 52.5 Å². The maximum absolute atomic E-state index is 13.0. The van der Waals surface area contributed by atoms with E-state index in [-0.39, 0.29) is 29.5 Å². The molecule has 11 nitrogen and oxygen atoms in total. The van der Waals surface area contributed by atoms with Gasteiger partial charge >= 0.3 is 5.69 Å². The Morgan fingerprint density at radius 2 is 1.81 bits per heavy atom. The van der Waals surface area contributed by atoms with E-state index in [1.54, 1.807) is 0 Å². The number of rotatable bonds is 12. The second-order valence-electron chi connectivity index (χ2n) is 7.29. The molecule has 0 saturated carbocycles. The van der Waals surface area contributed by atoms with Crippen LogP contribution in [0.3, 0.4) is 0 Å². The van der Waals surface area contributed by atoms with Crippen LogP contribution in [0.25, 0.3) is 0 Å². The standard InChI is InChI=1S/C21H29N5O6/c1-3-5-7-13-24(17(27)14-32-16-10-8-15(9-11-16)26(30)31)18-19(22)25(12-6-4-2)21(29)23-20(18)28/h8-11H,3-7,12-14,22H2,1-2H3,(H,23,28,29). The van der Waals surface area contributed by atoms with Gasteiger partial charge in [-0.05, 0) is 25.0 Å². The minimum atomic E-state index is -0.736. The van der Waals surface area contributed by atoms with Gasteiger partial charge in [-0.15, -0.1) is 0 Å². The van der Waals surface area contributed by atoms with Gasteiger partial charge in [0.15, 0.2) is 12.3 Å². The first-order valence-corrected chi connectivity index (χ1v) is 10.6. The molecule has 1 heterocycles. The Bertz CT molecular complexity index is 1040. The number of nitrogens with zero attached hydrogens (tertiary/aromatic N) is 3. The monoisotopic (exact) mass is 447 g/mol. The largest absolute Gasteiger partial charge is 0.484 e. The van der Waals surface area contributed by atoms with Crippen LogP contribution < -0.4 is 26.6 Å². The summed E-state index contributed by atoms with van der Waals surface area (Å²) >= 11 is 0. The quantitative estimate of drug-likeness (QED) is 0.288. The van der Waals surface area contributed by atoms with Gasteiger partial charge < -0.3 is 15.4 Å². The Balaban J connectivity index is 2.30. The Morgan fingerprint density at radius 3 is 2.41 bits per heavy atom. The fraction of sp³-hybridized carbons (Fsp3) is 0.476. The minimum Gasteiger partial charge on any atom is -0.484 e. The zero-order chi connectivity index (χ0) is 23.7. The zero-order valence-electron chi connectivity index (χ0n) is 18.3. The maximum atomic E-state index is 13.0. The zero-order valence-corrected chi connectivity index (χ0v) is 18.3. The summed E-state index contributed by atoms with van der Waals surface area (Å²) in [6, 6.07) is 5.31. The number of ether oxygens (including phenoxy) is 1. The molecule has 174 valence electrons. The SMILES string of the molecule is CCCCCN(C(=O)COc1ccc([N+](=O)[O-])cc1)c1c(N)n(CCCC)c(=O)[nH]c1=O. The molecule has 1 aromatic heterocycles. The number of nitro groups is 1. The van der Waals surface area contributed by atoms with Gasteiger partial charge in [-0.1, -0.05) is 33.1 Å². The summed E-state index contributed by atoms with van der Waals surface area (Å²) in [4.78, 5) is 51.5. The van der Waals surface area contributed by atoms with Gasteiger partial charge in [-0.2, -0.15) is 0 Å². The lowest BCUT2D eigenvalue weighted by Crippen LogP contribution is -2.43. The topological polar surface area (TPSA) is 154 Å². The molecule has 0 aliphatic rings. The van der Waals surface area contributed by atoms with Crippen LogP contribution in [0.2, 0.25) is 0 Å². The number of benzene rings is 1. The van der Waals surface area contributed by atoms with Crippen LogP contribution in [0, 0.1) is 10.1 Å². The first-order valence-electron chi connectivity index (χ1n) is 10.6. The number of carbonyl (C=O) groups excluding carboxylic acids is 1. The van der Waals surface area contributed by atoms with Gasteiger partial charge in [0, 0.05) is 25.2 Å². The first-order chi connectivity index (χ1) is 15.3. The number of amides is 1. The number of nitrogens with two attached hydrogens (primary N) is 1. The second kappa shape index (κ2) is 11.7. The van der Waals surface area contributed by atoms with Crippen molar-refractivity contribution in [2.75, 3.05) is 23.8 Å². The lowest BCUT2D eigenvalue weighted by Gasteiger charge is -2.24. The normalized spacial score (nSPS) is 10.7. The highest BCUT2D eigenvalue weighted by Crippen LogP contribution is 2.20. The molecule has 0 aliphatic heterocycles. The third kappa shape index (κ3) is 6.19. The molecule has 11 heteroatoms. The van der Waals surface area contributed by atoms with Crippen LogP contribution in [0.5, 0.6) is 5.75 Å². The van der Waals surface area contributed by atoms with E-state index in [4.69, 9.17) is 10.5 Å². The van der Waals surface area contributed by atoms with Crippen molar-refractivity contribution in [1.29, 1.82) is 0 Å². The molecular formula is C21H29N5O6. The van der Waals surface area contributed by atoms with E-state index in [0.29, 0.717) is 19.4 Å². The lowest BCUT2D eigenvalue weighted by atomic mass is 10.2. The third-order valence-electron chi connectivity index (χ3n) is 4.92. The molecule has 2 rings (SSSR count). The summed E-state index contributed by atoms with van der Waals surface area (Å²) in [6.45, 7) is 4.12. The van der Waals surface area contributed by atoms with E-state index in [0.717, 1.165) is 19.3 Å². The van der Waals surface area contributed by atoms with Gasteiger partial charge in [0.2, 0.25) is 0 Å². The van der Waals surface area contributed by atoms with E-state index in [2.05, 4.69) is 4.98 Å². The van der Waals surface area contributed by atoms with Gasteiger partial charge in [0.25, 0.3) is 17.2 Å². The van der Waals surface area contributed by atoms with Crippen molar-refractivity contribution in [3.63, 3.8) is 0 Å². The van der Waals surface area contributed by atoms with Gasteiger partial charge in [-0.3, -0.25) is 29.3 Å². The van der Waals surface area contributed by atoms with E-state index < -0.39 is 28.7 Å². The molecule has 32 heavy (non-hydrogen) atoms. The third-order valence-corrected chi connectivity index (χ3v) is 4.92. The number of aromatic amines is 1. The van der Waals surface area contributed by atoms with Crippen LogP contribution in [0.1, 0.15) is 46.0 Å². The molecule has 0 atom stereocenters. The van der Waals surface area contributed by atoms with E-state index in [1.807, 2.05) is 13.8 Å². The molecule has 0 saturated heterocycles. The molecular weight excluding hydrogens is 418 g/mol. The number of H-pyrrole nitrogens is 1. The summed E-state index contributed by atoms with van der Waals surface area (Å²) in [7, 11) is 0. The molecule has 3 N–H and O–H groups in total. The Kier molecular flexibility index (Phi) is 8.99. The Hall–Kier alpha value is -3.63. The molecule has 0 fully saturated rings. The average molecular weight is 447 g/mol. The molecule has 0 radical (unpaired) electrons. The van der Waals surface area contributed by atoms with Gasteiger partial charge in [0.1, 0.15) is 11.6 Å². The van der Waals surface area contributed by atoms with Crippen LogP contribution in [0.4, 0.5) is 17.2 Å². The van der Waals surface area contributed by atoms with Crippen LogP contribution in [-0.2, 0) is 11.3 Å². The second-order valence-corrected chi connectivity index (χ2v) is 7.29. The molecule has 0 spiro atoms. The fourth-order valence-corrected chi connectivity index (χ4v) is 3.14. The minimum absolute atomic E-state index is 0.0626. The number of carbonyl (C=O) groups is 1. The van der Waals surface area contributed by atoms with Crippen molar-refractivity contribution >= 4 is 23.1 Å². The molecule has 1 aromatic carbocycles. The Morgan fingerprint density at radius 1 is 1.16 bits per heavy atom. The molecule has 2 aromatic rings. The van der Waals surface area contributed by atoms with Crippen molar-refractivity contribution in [3.05, 3.63) is 55.2 Å². The van der Waals surface area contributed by atoms with Gasteiger partial charge in [-0.25, -0.2) is 4.79 Å². The number of nitro benzene ring substituents is 1. The predicted molar refractivity (Wildman–Crippen MR) is 121 cm³/mol. The van der Waals surface area contributed by atoms with Gasteiger partial charge in [0.05, 0.1) is 4.92 Å². The van der Waals surface area contributed by atoms with Crippen LogP contribution in [0.15, 0.2) is 33.9 Å². The number of non-ortho nitro benzene ring substituents is 1. The van der Waals surface area contributed by atoms with E-state index in [9.17, 15) is 24.5 Å². The number of nitrogens with one attached hydrogen (secondary N) is 1. The van der Waals surface area contributed by atoms with Crippen LogP contribution >= 0.6 is 0 Å². The molecule has 0 bridgehead atoms. The molecule has 1 amide bonds. The summed E-state index contributed by atoms with van der Waals surface area (Å²) in [5, 5.41) is 10.8. The highest BCUT2D eigenvalue weighted by Gasteiger charge is 2.24. The van der Waals surface area contributed by atoms with Crippen molar-refractivity contribution in [1.82, 2.24) is 9.55 Å². The number of anilines is 2. The van der Waals surface area contributed by atoms with Crippen LogP contribution in [-0.4, -0.2) is 33.5 Å². The molecule has 0 unspecified atom stereocenters.